The second kappa shape index (κ2) is 6.77. The standard InChI is InChI=1S/C19H21NO3S/c1-4-23-19(22)16-11(2)12(3)24-18(16)20-17(21)15-10-14(15)13-8-6-5-7-9-13/h5-9,14-15H,4,10H2,1-3H3,(H,20,21)/t14-,15-/m1/s1. The molecule has 1 N–H and O–H groups in total. The minimum absolute atomic E-state index is 0.0179. The predicted octanol–water partition coefficient (Wildman–Crippen LogP) is 4.28. The van der Waals surface area contributed by atoms with E-state index in [0.717, 1.165) is 16.9 Å². The third-order valence-electron chi connectivity index (χ3n) is 4.46. The Balaban J connectivity index is 1.74. The molecule has 0 bridgehead atoms. The molecule has 0 spiro atoms. The van der Waals surface area contributed by atoms with Crippen molar-refractivity contribution in [2.45, 2.75) is 33.1 Å². The lowest BCUT2D eigenvalue weighted by Crippen LogP contribution is -2.16. The number of aryl methyl sites for hydroxylation is 1. The van der Waals surface area contributed by atoms with Gasteiger partial charge in [-0.15, -0.1) is 11.3 Å². The minimum atomic E-state index is -0.370. The fourth-order valence-corrected chi connectivity index (χ4v) is 3.97. The maximum atomic E-state index is 12.6. The summed E-state index contributed by atoms with van der Waals surface area (Å²) in [7, 11) is 0. The van der Waals surface area contributed by atoms with Crippen molar-refractivity contribution in [2.75, 3.05) is 11.9 Å². The van der Waals surface area contributed by atoms with Gasteiger partial charge in [-0.3, -0.25) is 4.79 Å². The van der Waals surface area contributed by atoms with E-state index < -0.39 is 0 Å². The normalized spacial score (nSPS) is 19.0. The summed E-state index contributed by atoms with van der Waals surface area (Å²) < 4.78 is 5.13. The molecule has 2 aromatic rings. The van der Waals surface area contributed by atoms with Crippen molar-refractivity contribution in [3.05, 3.63) is 51.9 Å². The van der Waals surface area contributed by atoms with E-state index in [2.05, 4.69) is 17.4 Å². The number of nitrogens with one attached hydrogen (secondary N) is 1. The van der Waals surface area contributed by atoms with Gasteiger partial charge in [0.15, 0.2) is 0 Å². The van der Waals surface area contributed by atoms with E-state index in [1.165, 1.54) is 16.9 Å². The van der Waals surface area contributed by atoms with Crippen molar-refractivity contribution >= 4 is 28.2 Å². The smallest absolute Gasteiger partial charge is 0.341 e. The number of hydrogen-bond donors (Lipinski definition) is 1. The molecule has 2 atom stereocenters. The molecule has 5 heteroatoms. The van der Waals surface area contributed by atoms with Crippen LogP contribution in [0.15, 0.2) is 30.3 Å². The number of ether oxygens (including phenoxy) is 1. The number of thiophene rings is 1. The minimum Gasteiger partial charge on any atom is -0.462 e. The summed E-state index contributed by atoms with van der Waals surface area (Å²) in [5.41, 5.74) is 2.57. The Labute approximate surface area is 145 Å². The number of anilines is 1. The fraction of sp³-hybridized carbons (Fsp3) is 0.368. The average molecular weight is 343 g/mol. The highest BCUT2D eigenvalue weighted by molar-refractivity contribution is 7.16. The average Bonchev–Trinajstić information content (AvgIpc) is 3.31. The highest BCUT2D eigenvalue weighted by atomic mass is 32.1. The second-order valence-electron chi connectivity index (χ2n) is 6.06. The first-order valence-electron chi connectivity index (χ1n) is 8.15. The van der Waals surface area contributed by atoms with Crippen LogP contribution >= 0.6 is 11.3 Å². The molecule has 1 amide bonds. The number of rotatable bonds is 5. The summed E-state index contributed by atoms with van der Waals surface area (Å²) in [5, 5.41) is 3.56. The molecule has 0 radical (unpaired) electrons. The first-order chi connectivity index (χ1) is 11.5. The number of carbonyl (C=O) groups excluding carboxylic acids is 2. The van der Waals surface area contributed by atoms with Gasteiger partial charge in [0.25, 0.3) is 0 Å². The lowest BCUT2D eigenvalue weighted by molar-refractivity contribution is -0.117. The zero-order valence-corrected chi connectivity index (χ0v) is 14.9. The molecule has 0 saturated heterocycles. The van der Waals surface area contributed by atoms with Crippen molar-refractivity contribution in [2.24, 2.45) is 5.92 Å². The summed E-state index contributed by atoms with van der Waals surface area (Å²) in [5.74, 6) is -0.134. The summed E-state index contributed by atoms with van der Waals surface area (Å²) in [6.45, 7) is 5.93. The molecular formula is C19H21NO3S. The molecule has 24 heavy (non-hydrogen) atoms. The Morgan fingerprint density at radius 1 is 1.25 bits per heavy atom. The SMILES string of the molecule is CCOC(=O)c1c(NC(=O)[C@@H]2C[C@@H]2c2ccccc2)sc(C)c1C. The zero-order valence-electron chi connectivity index (χ0n) is 14.1. The Bertz CT molecular complexity index is 766. The van der Waals surface area contributed by atoms with Crippen LogP contribution in [0.2, 0.25) is 0 Å². The second-order valence-corrected chi connectivity index (χ2v) is 7.28. The topological polar surface area (TPSA) is 55.4 Å². The van der Waals surface area contributed by atoms with Gasteiger partial charge in [0.05, 0.1) is 12.2 Å². The van der Waals surface area contributed by atoms with Crippen molar-refractivity contribution in [3.8, 4) is 0 Å². The van der Waals surface area contributed by atoms with Crippen molar-refractivity contribution in [1.82, 2.24) is 0 Å². The van der Waals surface area contributed by atoms with Crippen LogP contribution in [-0.4, -0.2) is 18.5 Å². The third-order valence-corrected chi connectivity index (χ3v) is 5.58. The maximum Gasteiger partial charge on any atom is 0.341 e. The van der Waals surface area contributed by atoms with E-state index in [-0.39, 0.29) is 23.7 Å². The van der Waals surface area contributed by atoms with Crippen molar-refractivity contribution < 1.29 is 14.3 Å². The Morgan fingerprint density at radius 3 is 2.62 bits per heavy atom. The molecular weight excluding hydrogens is 322 g/mol. The van der Waals surface area contributed by atoms with Crippen molar-refractivity contribution in [1.29, 1.82) is 0 Å². The van der Waals surface area contributed by atoms with Crippen molar-refractivity contribution in [3.63, 3.8) is 0 Å². The lowest BCUT2D eigenvalue weighted by atomic mass is 10.1. The largest absolute Gasteiger partial charge is 0.462 e. The van der Waals surface area contributed by atoms with Gasteiger partial charge in [-0.25, -0.2) is 4.79 Å². The first kappa shape index (κ1) is 16.7. The molecule has 0 unspecified atom stereocenters. The molecule has 0 aliphatic heterocycles. The third kappa shape index (κ3) is 3.22. The molecule has 1 aromatic carbocycles. The fourth-order valence-electron chi connectivity index (χ4n) is 2.92. The van der Waals surface area contributed by atoms with E-state index in [4.69, 9.17) is 4.74 Å². The van der Waals surface area contributed by atoms with Gasteiger partial charge in [-0.1, -0.05) is 30.3 Å². The van der Waals surface area contributed by atoms with Gasteiger partial charge in [-0.05, 0) is 44.2 Å². The first-order valence-corrected chi connectivity index (χ1v) is 8.97. The Kier molecular flexibility index (Phi) is 4.71. The Hall–Kier alpha value is -2.14. The van der Waals surface area contributed by atoms with E-state index in [0.29, 0.717) is 17.2 Å². The van der Waals surface area contributed by atoms with Gasteiger partial charge >= 0.3 is 5.97 Å². The van der Waals surface area contributed by atoms with Crippen LogP contribution in [0, 0.1) is 19.8 Å². The molecule has 126 valence electrons. The van der Waals surface area contributed by atoms with Gasteiger partial charge in [0.2, 0.25) is 5.91 Å². The van der Waals surface area contributed by atoms with Crippen LogP contribution in [0.4, 0.5) is 5.00 Å². The van der Waals surface area contributed by atoms with Crippen LogP contribution < -0.4 is 5.32 Å². The van der Waals surface area contributed by atoms with E-state index in [9.17, 15) is 9.59 Å². The summed E-state index contributed by atoms with van der Waals surface area (Å²) in [6, 6.07) is 10.1. The summed E-state index contributed by atoms with van der Waals surface area (Å²) >= 11 is 1.43. The molecule has 1 aliphatic rings. The number of benzene rings is 1. The maximum absolute atomic E-state index is 12.6. The predicted molar refractivity (Wildman–Crippen MR) is 95.7 cm³/mol. The highest BCUT2D eigenvalue weighted by Crippen LogP contribution is 2.48. The summed E-state index contributed by atoms with van der Waals surface area (Å²) in [4.78, 5) is 25.8. The quantitative estimate of drug-likeness (QED) is 0.824. The zero-order chi connectivity index (χ0) is 17.3. The molecule has 1 saturated carbocycles. The molecule has 4 nitrogen and oxygen atoms in total. The van der Waals surface area contributed by atoms with Crippen LogP contribution in [-0.2, 0) is 9.53 Å². The van der Waals surface area contributed by atoms with Crippen LogP contribution in [0.3, 0.4) is 0 Å². The monoisotopic (exact) mass is 343 g/mol. The summed E-state index contributed by atoms with van der Waals surface area (Å²) in [6.07, 6.45) is 0.855. The molecule has 1 aliphatic carbocycles. The number of carbonyl (C=O) groups is 2. The van der Waals surface area contributed by atoms with Gasteiger partial charge in [-0.2, -0.15) is 0 Å². The molecule has 1 aromatic heterocycles. The highest BCUT2D eigenvalue weighted by Gasteiger charge is 2.44. The van der Waals surface area contributed by atoms with Gasteiger partial charge < -0.3 is 10.1 Å². The molecule has 3 rings (SSSR count). The van der Waals surface area contributed by atoms with Crippen LogP contribution in [0.1, 0.15) is 45.6 Å². The lowest BCUT2D eigenvalue weighted by Gasteiger charge is -2.07. The van der Waals surface area contributed by atoms with Gasteiger partial charge in [0, 0.05) is 10.8 Å². The Morgan fingerprint density at radius 2 is 1.96 bits per heavy atom. The van der Waals surface area contributed by atoms with Gasteiger partial charge in [0.1, 0.15) is 5.00 Å². The number of esters is 1. The number of hydrogen-bond acceptors (Lipinski definition) is 4. The van der Waals surface area contributed by atoms with Crippen LogP contribution in [0.5, 0.6) is 0 Å². The molecule has 1 fully saturated rings. The molecule has 1 heterocycles. The van der Waals surface area contributed by atoms with Crippen LogP contribution in [0.25, 0.3) is 0 Å². The van der Waals surface area contributed by atoms with E-state index in [1.807, 2.05) is 32.0 Å². The van der Waals surface area contributed by atoms with E-state index in [1.54, 1.807) is 6.92 Å². The number of amides is 1. The van der Waals surface area contributed by atoms with E-state index >= 15 is 0 Å².